The van der Waals surface area contributed by atoms with Gasteiger partial charge in [0.15, 0.2) is 5.84 Å². The van der Waals surface area contributed by atoms with Crippen LogP contribution in [0.25, 0.3) is 55.8 Å². The molecule has 0 bridgehead atoms. The van der Waals surface area contributed by atoms with Gasteiger partial charge in [0.25, 0.3) is 0 Å². The van der Waals surface area contributed by atoms with Gasteiger partial charge in [-0.15, -0.1) is 0 Å². The Balaban J connectivity index is 0.943. The van der Waals surface area contributed by atoms with E-state index in [4.69, 9.17) is 9.98 Å². The van der Waals surface area contributed by atoms with Crippen molar-refractivity contribution in [2.24, 2.45) is 9.98 Å². The van der Waals surface area contributed by atoms with Crippen LogP contribution in [0.4, 0.5) is 0 Å². The second-order valence-corrected chi connectivity index (χ2v) is 17.0. The van der Waals surface area contributed by atoms with Crippen LogP contribution in [0.5, 0.6) is 0 Å². The molecule has 0 spiro atoms. The molecule has 5 aliphatic rings. The van der Waals surface area contributed by atoms with Gasteiger partial charge < -0.3 is 0 Å². The van der Waals surface area contributed by atoms with Crippen LogP contribution in [0.15, 0.2) is 180 Å². The molecule has 1 heterocycles. The van der Waals surface area contributed by atoms with Gasteiger partial charge in [-0.3, -0.25) is 0 Å². The first-order valence-corrected chi connectivity index (χ1v) is 20.5. The number of hydrogen-bond donors (Lipinski definition) is 0. The average Bonchev–Trinajstić information content (AvgIpc) is 3.98. The molecule has 2 nitrogen and oxygen atoms in total. The fraction of sp³-hybridized carbons (Fsp3) is 0.125. The van der Waals surface area contributed by atoms with Crippen LogP contribution >= 0.6 is 0 Å². The first-order valence-electron chi connectivity index (χ1n) is 20.5. The van der Waals surface area contributed by atoms with Gasteiger partial charge in [0.1, 0.15) is 5.70 Å². The predicted molar refractivity (Wildman–Crippen MR) is 241 cm³/mol. The lowest BCUT2D eigenvalue weighted by Gasteiger charge is -2.25. The lowest BCUT2D eigenvalue weighted by molar-refractivity contribution is 0.660. The molecule has 58 heavy (non-hydrogen) atoms. The van der Waals surface area contributed by atoms with Crippen molar-refractivity contribution in [3.8, 4) is 44.5 Å². The molecule has 7 aromatic carbocycles. The average molecular weight is 741 g/mol. The Kier molecular flexibility index (Phi) is 7.07. The maximum absolute atomic E-state index is 5.33. The van der Waals surface area contributed by atoms with Crippen molar-refractivity contribution in [2.75, 3.05) is 0 Å². The van der Waals surface area contributed by atoms with E-state index in [1.807, 2.05) is 6.07 Å². The third-order valence-corrected chi connectivity index (χ3v) is 13.4. The second kappa shape index (κ2) is 12.3. The van der Waals surface area contributed by atoms with Gasteiger partial charge in [0, 0.05) is 23.0 Å². The molecule has 0 saturated heterocycles. The molecule has 7 aromatic rings. The standard InChI is InChI=1S/C56H40N2/c1-33-39-17-7-8-18-40(39)43-25-24-37(28-45(33)43)54-22-12-21-53(34-13-5-4-6-14-34)57-55(58-54)38-16-11-15-35(27-38)36-23-26-44-50-31-48-47-30-46(47)41-19-9-10-20-42(41)49(48)32-52(50)56(2,3)51(44)29-36/h4-20,23-29,31-32,46-47H,1,21,30H2,2-3H3/b57-53+,58-55-. The number of nitrogens with zero attached hydrogens (tertiary/aromatic N) is 2. The van der Waals surface area contributed by atoms with E-state index >= 15 is 0 Å². The summed E-state index contributed by atoms with van der Waals surface area (Å²) in [4.78, 5) is 10.7. The summed E-state index contributed by atoms with van der Waals surface area (Å²) in [7, 11) is 0. The van der Waals surface area contributed by atoms with Crippen LogP contribution in [0.1, 0.15) is 88.6 Å². The Labute approximate surface area is 340 Å². The summed E-state index contributed by atoms with van der Waals surface area (Å²) in [5.41, 5.74) is 27.9. The summed E-state index contributed by atoms with van der Waals surface area (Å²) in [5, 5.41) is 0. The van der Waals surface area contributed by atoms with Crippen molar-refractivity contribution in [3.63, 3.8) is 0 Å². The van der Waals surface area contributed by atoms with Crippen LogP contribution < -0.4 is 0 Å². The predicted octanol–water partition coefficient (Wildman–Crippen LogP) is 13.8. The quantitative estimate of drug-likeness (QED) is 0.161. The minimum Gasteiger partial charge on any atom is -0.232 e. The maximum atomic E-state index is 5.33. The lowest BCUT2D eigenvalue weighted by Crippen LogP contribution is -2.15. The highest BCUT2D eigenvalue weighted by molar-refractivity contribution is 6.14. The van der Waals surface area contributed by atoms with Gasteiger partial charge >= 0.3 is 0 Å². The Hall–Kier alpha value is -6.86. The zero-order valence-corrected chi connectivity index (χ0v) is 32.7. The normalized spacial score (nSPS) is 20.3. The summed E-state index contributed by atoms with van der Waals surface area (Å²) in [5.74, 6) is 2.00. The Morgan fingerprint density at radius 3 is 2.05 bits per heavy atom. The van der Waals surface area contributed by atoms with E-state index in [9.17, 15) is 0 Å². The molecule has 2 atom stereocenters. The lowest BCUT2D eigenvalue weighted by atomic mass is 9.78. The van der Waals surface area contributed by atoms with Crippen molar-refractivity contribution in [3.05, 3.63) is 220 Å². The number of fused-ring (bicyclic) bond motifs is 12. The second-order valence-electron chi connectivity index (χ2n) is 17.0. The van der Waals surface area contributed by atoms with Gasteiger partial charge in [-0.1, -0.05) is 147 Å². The first kappa shape index (κ1) is 33.3. The highest BCUT2D eigenvalue weighted by Crippen LogP contribution is 2.64. The van der Waals surface area contributed by atoms with E-state index in [0.29, 0.717) is 24.1 Å². The summed E-state index contributed by atoms with van der Waals surface area (Å²) in [6.45, 7) is 9.28. The van der Waals surface area contributed by atoms with Crippen LogP contribution in [0.2, 0.25) is 0 Å². The molecule has 1 aliphatic heterocycles. The van der Waals surface area contributed by atoms with E-state index in [0.717, 1.165) is 44.8 Å². The van der Waals surface area contributed by atoms with Crippen molar-refractivity contribution < 1.29 is 0 Å². The third-order valence-electron chi connectivity index (χ3n) is 13.4. The highest BCUT2D eigenvalue weighted by atomic mass is 14.9. The summed E-state index contributed by atoms with van der Waals surface area (Å²) >= 11 is 0. The molecule has 4 aliphatic carbocycles. The van der Waals surface area contributed by atoms with Crippen molar-refractivity contribution in [1.29, 1.82) is 0 Å². The Morgan fingerprint density at radius 2 is 1.17 bits per heavy atom. The van der Waals surface area contributed by atoms with Crippen LogP contribution in [0, 0.1) is 0 Å². The van der Waals surface area contributed by atoms with Crippen molar-refractivity contribution >= 4 is 22.8 Å². The number of benzene rings is 7. The smallest absolute Gasteiger partial charge is 0.160 e. The molecule has 0 aromatic heterocycles. The van der Waals surface area contributed by atoms with Crippen LogP contribution in [0.3, 0.4) is 0 Å². The van der Waals surface area contributed by atoms with E-state index < -0.39 is 0 Å². The molecule has 0 N–H and O–H groups in total. The number of hydrogen-bond acceptors (Lipinski definition) is 2. The van der Waals surface area contributed by atoms with E-state index in [2.05, 4.69) is 178 Å². The number of amidine groups is 1. The van der Waals surface area contributed by atoms with Crippen molar-refractivity contribution in [2.45, 2.75) is 43.9 Å². The van der Waals surface area contributed by atoms with Gasteiger partial charge in [0.2, 0.25) is 0 Å². The van der Waals surface area contributed by atoms with Gasteiger partial charge in [-0.05, 0) is 144 Å². The molecule has 1 fully saturated rings. The van der Waals surface area contributed by atoms with E-state index in [1.165, 1.54) is 73.2 Å². The Morgan fingerprint density at radius 1 is 0.500 bits per heavy atom. The summed E-state index contributed by atoms with van der Waals surface area (Å²) in [6, 6.07) is 55.6. The zero-order chi connectivity index (χ0) is 38.7. The molecule has 1 saturated carbocycles. The number of allylic oxidation sites excluding steroid dienone is 1. The zero-order valence-electron chi connectivity index (χ0n) is 32.7. The number of aliphatic imine (C=N–C) groups is 2. The molecule has 2 unspecified atom stereocenters. The monoisotopic (exact) mass is 740 g/mol. The van der Waals surface area contributed by atoms with Gasteiger partial charge in [-0.2, -0.15) is 0 Å². The number of rotatable bonds is 4. The van der Waals surface area contributed by atoms with Crippen LogP contribution in [-0.4, -0.2) is 11.5 Å². The molecule has 12 rings (SSSR count). The largest absolute Gasteiger partial charge is 0.232 e. The van der Waals surface area contributed by atoms with E-state index in [1.54, 1.807) is 0 Å². The fourth-order valence-corrected chi connectivity index (χ4v) is 10.3. The highest BCUT2D eigenvalue weighted by Gasteiger charge is 2.47. The molecule has 0 radical (unpaired) electrons. The molecular formula is C56H40N2. The summed E-state index contributed by atoms with van der Waals surface area (Å²) < 4.78 is 0. The molecule has 0 amide bonds. The minimum atomic E-state index is -0.129. The summed E-state index contributed by atoms with van der Waals surface area (Å²) in [6.07, 6.45) is 3.98. The van der Waals surface area contributed by atoms with Crippen molar-refractivity contribution in [1.82, 2.24) is 0 Å². The van der Waals surface area contributed by atoms with Gasteiger partial charge in [0.05, 0.1) is 5.71 Å². The van der Waals surface area contributed by atoms with E-state index in [-0.39, 0.29) is 5.41 Å². The third kappa shape index (κ3) is 4.99. The first-order chi connectivity index (χ1) is 28.4. The topological polar surface area (TPSA) is 24.7 Å². The minimum absolute atomic E-state index is 0.129. The van der Waals surface area contributed by atoms with Crippen LogP contribution in [-0.2, 0) is 5.41 Å². The maximum Gasteiger partial charge on any atom is 0.160 e. The SMILES string of the molecule is C=C1c2ccccc2-c2ccc(C3=C=CC/C(c4ccccc4)=N\C(c4cccc(-c5ccc6c(c5)C(C)(C)c5cc7c(cc5-6)C5CC5c5ccccc5-7)c4)=N/3)cc21. The molecule has 2 heteroatoms. The molecular weight excluding hydrogens is 701 g/mol. The fourth-order valence-electron chi connectivity index (χ4n) is 10.3. The van der Waals surface area contributed by atoms with Gasteiger partial charge in [-0.25, -0.2) is 9.98 Å². The molecule has 274 valence electrons. The Bertz CT molecular complexity index is 3090.